The highest BCUT2D eigenvalue weighted by Crippen LogP contribution is 2.25. The number of benzene rings is 2. The van der Waals surface area contributed by atoms with E-state index in [1.54, 1.807) is 36.4 Å². The summed E-state index contributed by atoms with van der Waals surface area (Å²) in [5.41, 5.74) is 0.996. The number of thiocarbonyl (C=S) groups is 1. The fraction of sp³-hybridized carbons (Fsp3) is 0.200. The first-order valence-electron chi connectivity index (χ1n) is 10.6. The molecule has 0 spiro atoms. The SMILES string of the molecule is CCOc1ccc(OCc2ccc(/C=C3/NC(=S)N(c4ccc(OCC)cc4)C3=O)o2)cc1. The number of hydrogen-bond donors (Lipinski definition) is 1. The van der Waals surface area contributed by atoms with Crippen molar-refractivity contribution < 1.29 is 23.4 Å². The van der Waals surface area contributed by atoms with Gasteiger partial charge in [-0.05, 0) is 86.7 Å². The largest absolute Gasteiger partial charge is 0.494 e. The van der Waals surface area contributed by atoms with Crippen LogP contribution >= 0.6 is 12.2 Å². The summed E-state index contributed by atoms with van der Waals surface area (Å²) in [6.07, 6.45) is 1.63. The minimum atomic E-state index is -0.257. The topological polar surface area (TPSA) is 73.2 Å². The molecule has 3 aromatic rings. The highest BCUT2D eigenvalue weighted by Gasteiger charge is 2.32. The van der Waals surface area contributed by atoms with E-state index in [2.05, 4.69) is 5.32 Å². The molecule has 1 aliphatic heterocycles. The molecule has 1 aromatic heterocycles. The first kappa shape index (κ1) is 22.4. The van der Waals surface area contributed by atoms with Crippen molar-refractivity contribution in [2.45, 2.75) is 20.5 Å². The lowest BCUT2D eigenvalue weighted by atomic mass is 10.2. The van der Waals surface area contributed by atoms with Crippen LogP contribution in [0.2, 0.25) is 0 Å². The molecule has 1 N–H and O–H groups in total. The fourth-order valence-electron chi connectivity index (χ4n) is 3.27. The summed E-state index contributed by atoms with van der Waals surface area (Å²) >= 11 is 5.37. The van der Waals surface area contributed by atoms with Crippen molar-refractivity contribution in [1.29, 1.82) is 0 Å². The third-order valence-corrected chi connectivity index (χ3v) is 5.05. The van der Waals surface area contributed by atoms with Gasteiger partial charge in [-0.25, -0.2) is 0 Å². The molecule has 33 heavy (non-hydrogen) atoms. The smallest absolute Gasteiger partial charge is 0.281 e. The molecule has 0 aliphatic carbocycles. The van der Waals surface area contributed by atoms with E-state index < -0.39 is 0 Å². The van der Waals surface area contributed by atoms with Gasteiger partial charge in [0, 0.05) is 6.08 Å². The zero-order chi connectivity index (χ0) is 23.2. The second-order valence-corrected chi connectivity index (χ2v) is 7.44. The molecule has 0 bridgehead atoms. The average Bonchev–Trinajstić information content (AvgIpc) is 3.38. The molecular formula is C25H24N2O5S. The molecule has 0 unspecified atom stereocenters. The molecule has 2 heterocycles. The number of carbonyl (C=O) groups excluding carboxylic acids is 1. The lowest BCUT2D eigenvalue weighted by Crippen LogP contribution is -2.30. The molecule has 1 saturated heterocycles. The van der Waals surface area contributed by atoms with Crippen molar-refractivity contribution in [3.63, 3.8) is 0 Å². The minimum Gasteiger partial charge on any atom is -0.494 e. The van der Waals surface area contributed by atoms with Crippen molar-refractivity contribution in [2.75, 3.05) is 18.1 Å². The van der Waals surface area contributed by atoms with Gasteiger partial charge in [-0.1, -0.05) is 0 Å². The summed E-state index contributed by atoms with van der Waals surface area (Å²) in [5, 5.41) is 3.26. The van der Waals surface area contributed by atoms with Crippen molar-refractivity contribution in [2.24, 2.45) is 0 Å². The summed E-state index contributed by atoms with van der Waals surface area (Å²) in [5.74, 6) is 3.13. The zero-order valence-corrected chi connectivity index (χ0v) is 19.2. The zero-order valence-electron chi connectivity index (χ0n) is 18.4. The van der Waals surface area contributed by atoms with Crippen LogP contribution < -0.4 is 24.4 Å². The van der Waals surface area contributed by atoms with Crippen LogP contribution in [0.4, 0.5) is 5.69 Å². The second kappa shape index (κ2) is 10.2. The number of hydrogen-bond acceptors (Lipinski definition) is 6. The van der Waals surface area contributed by atoms with Crippen molar-refractivity contribution >= 4 is 35.0 Å². The van der Waals surface area contributed by atoms with E-state index in [1.807, 2.05) is 44.2 Å². The van der Waals surface area contributed by atoms with Crippen molar-refractivity contribution in [3.8, 4) is 17.2 Å². The van der Waals surface area contributed by atoms with Crippen molar-refractivity contribution in [3.05, 3.63) is 77.9 Å². The minimum absolute atomic E-state index is 0.257. The van der Waals surface area contributed by atoms with E-state index >= 15 is 0 Å². The molecule has 0 atom stereocenters. The highest BCUT2D eigenvalue weighted by molar-refractivity contribution is 7.80. The Morgan fingerprint density at radius 3 is 2.06 bits per heavy atom. The fourth-order valence-corrected chi connectivity index (χ4v) is 3.57. The van der Waals surface area contributed by atoms with E-state index in [4.69, 9.17) is 30.8 Å². The number of carbonyl (C=O) groups is 1. The molecule has 0 saturated carbocycles. The van der Waals surface area contributed by atoms with Gasteiger partial charge in [0.15, 0.2) is 5.11 Å². The molecule has 8 heteroatoms. The van der Waals surface area contributed by atoms with Crippen LogP contribution in [0.15, 0.2) is 70.8 Å². The summed E-state index contributed by atoms with van der Waals surface area (Å²) in [6.45, 7) is 5.31. The number of rotatable bonds is 9. The Bertz CT molecular complexity index is 1150. The Labute approximate surface area is 197 Å². The van der Waals surface area contributed by atoms with Gasteiger partial charge >= 0.3 is 0 Å². The van der Waals surface area contributed by atoms with E-state index in [0.717, 1.165) is 11.5 Å². The van der Waals surface area contributed by atoms with Gasteiger partial charge in [-0.15, -0.1) is 0 Å². The van der Waals surface area contributed by atoms with Gasteiger partial charge in [0.1, 0.15) is 41.1 Å². The molecule has 1 amide bonds. The normalized spacial score (nSPS) is 14.5. The highest BCUT2D eigenvalue weighted by atomic mass is 32.1. The Morgan fingerprint density at radius 2 is 1.45 bits per heavy atom. The predicted octanol–water partition coefficient (Wildman–Crippen LogP) is 4.92. The number of amides is 1. The molecule has 1 aliphatic rings. The quantitative estimate of drug-likeness (QED) is 0.356. The molecular weight excluding hydrogens is 440 g/mol. The van der Waals surface area contributed by atoms with Crippen molar-refractivity contribution in [1.82, 2.24) is 5.32 Å². The molecule has 0 radical (unpaired) electrons. The van der Waals surface area contributed by atoms with Gasteiger partial charge in [0.25, 0.3) is 5.91 Å². The van der Waals surface area contributed by atoms with Crippen LogP contribution in [0.25, 0.3) is 6.08 Å². The van der Waals surface area contributed by atoms with E-state index in [0.29, 0.717) is 47.0 Å². The van der Waals surface area contributed by atoms with Gasteiger partial charge in [-0.2, -0.15) is 0 Å². The number of nitrogens with zero attached hydrogens (tertiary/aromatic N) is 1. The molecule has 4 rings (SSSR count). The lowest BCUT2D eigenvalue weighted by molar-refractivity contribution is -0.113. The van der Waals surface area contributed by atoms with Crippen LogP contribution in [0.1, 0.15) is 25.4 Å². The van der Waals surface area contributed by atoms with Crippen LogP contribution in [-0.4, -0.2) is 24.2 Å². The summed E-state index contributed by atoms with van der Waals surface area (Å²) < 4.78 is 22.4. The van der Waals surface area contributed by atoms with Gasteiger partial charge in [-0.3, -0.25) is 9.69 Å². The molecule has 170 valence electrons. The van der Waals surface area contributed by atoms with Crippen LogP contribution in [-0.2, 0) is 11.4 Å². The Kier molecular flexibility index (Phi) is 6.95. The maximum atomic E-state index is 12.9. The van der Waals surface area contributed by atoms with Gasteiger partial charge in [0.2, 0.25) is 0 Å². The van der Waals surface area contributed by atoms with Crippen LogP contribution in [0, 0.1) is 0 Å². The number of furan rings is 1. The van der Waals surface area contributed by atoms with E-state index in [-0.39, 0.29) is 12.5 Å². The van der Waals surface area contributed by atoms with Crippen LogP contribution in [0.3, 0.4) is 0 Å². The Balaban J connectivity index is 1.40. The van der Waals surface area contributed by atoms with Crippen LogP contribution in [0.5, 0.6) is 17.2 Å². The Morgan fingerprint density at radius 1 is 0.879 bits per heavy atom. The van der Waals surface area contributed by atoms with Gasteiger partial charge < -0.3 is 23.9 Å². The van der Waals surface area contributed by atoms with E-state index in [1.165, 1.54) is 4.90 Å². The summed E-state index contributed by atoms with van der Waals surface area (Å²) in [7, 11) is 0. The molecule has 1 fully saturated rings. The average molecular weight is 465 g/mol. The number of ether oxygens (including phenoxy) is 3. The molecule has 7 nitrogen and oxygen atoms in total. The first-order chi connectivity index (χ1) is 16.1. The molecule has 2 aromatic carbocycles. The standard InChI is InChI=1S/C25H24N2O5S/c1-3-29-18-7-5-17(6-8-18)27-24(28)23(26-25(27)33)15-21-13-14-22(32-21)16-31-20-11-9-19(10-12-20)30-4-2/h5-15H,3-4,16H2,1-2H3,(H,26,33)/b23-15+. The third-order valence-electron chi connectivity index (χ3n) is 4.77. The first-order valence-corrected chi connectivity index (χ1v) is 11.0. The predicted molar refractivity (Wildman–Crippen MR) is 129 cm³/mol. The third kappa shape index (κ3) is 5.35. The Hall–Kier alpha value is -3.78. The van der Waals surface area contributed by atoms with E-state index in [9.17, 15) is 4.79 Å². The summed E-state index contributed by atoms with van der Waals surface area (Å²) in [6, 6.07) is 18.2. The lowest BCUT2D eigenvalue weighted by Gasteiger charge is -2.14. The monoisotopic (exact) mass is 464 g/mol. The summed E-state index contributed by atoms with van der Waals surface area (Å²) in [4.78, 5) is 14.4. The maximum Gasteiger partial charge on any atom is 0.281 e. The second-order valence-electron chi connectivity index (χ2n) is 7.05. The number of anilines is 1. The number of nitrogens with one attached hydrogen (secondary N) is 1. The maximum absolute atomic E-state index is 12.9. The van der Waals surface area contributed by atoms with Gasteiger partial charge in [0.05, 0.1) is 18.9 Å².